The van der Waals surface area contributed by atoms with E-state index in [1.165, 1.54) is 45.3 Å². The molecular weight excluding hydrogens is 160 g/mol. The number of unbranched alkanes of at least 4 members (excludes halogenated alkanes) is 3. The van der Waals surface area contributed by atoms with Crippen LogP contribution in [0.15, 0.2) is 0 Å². The molecule has 0 atom stereocenters. The van der Waals surface area contributed by atoms with Crippen molar-refractivity contribution in [2.45, 2.75) is 32.6 Å². The molecular formula is C11H23N2. The van der Waals surface area contributed by atoms with E-state index in [0.29, 0.717) is 0 Å². The van der Waals surface area contributed by atoms with E-state index in [1.807, 2.05) is 0 Å². The molecule has 0 aromatic rings. The standard InChI is InChI=1S/C11H23N2/c1-3-4-5-6-7-13-10-8-12(2)9-11-13/h2-11H2,1H3. The first-order chi connectivity index (χ1) is 6.33. The monoisotopic (exact) mass is 183 g/mol. The van der Waals surface area contributed by atoms with Gasteiger partial charge in [0.2, 0.25) is 0 Å². The summed E-state index contributed by atoms with van der Waals surface area (Å²) in [6.45, 7) is 8.29. The Balaban J connectivity index is 1.96. The maximum Gasteiger partial charge on any atom is 0.0110 e. The Morgan fingerprint density at radius 1 is 1.00 bits per heavy atom. The average molecular weight is 183 g/mol. The van der Waals surface area contributed by atoms with Gasteiger partial charge < -0.3 is 4.90 Å². The molecule has 0 aromatic carbocycles. The van der Waals surface area contributed by atoms with E-state index in [9.17, 15) is 0 Å². The zero-order chi connectivity index (χ0) is 9.52. The summed E-state index contributed by atoms with van der Waals surface area (Å²) in [6, 6.07) is 0. The molecule has 1 heterocycles. The van der Waals surface area contributed by atoms with Gasteiger partial charge in [-0.2, -0.15) is 0 Å². The van der Waals surface area contributed by atoms with Gasteiger partial charge in [-0.25, -0.2) is 0 Å². The van der Waals surface area contributed by atoms with Crippen LogP contribution in [0.3, 0.4) is 0 Å². The Hall–Kier alpha value is -0.0800. The zero-order valence-electron chi connectivity index (χ0n) is 8.97. The molecule has 1 rings (SSSR count). The topological polar surface area (TPSA) is 6.48 Å². The van der Waals surface area contributed by atoms with Crippen LogP contribution >= 0.6 is 0 Å². The van der Waals surface area contributed by atoms with Gasteiger partial charge >= 0.3 is 0 Å². The Labute approximate surface area is 82.9 Å². The molecule has 0 unspecified atom stereocenters. The van der Waals surface area contributed by atoms with Crippen LogP contribution in [0.5, 0.6) is 0 Å². The number of rotatable bonds is 5. The van der Waals surface area contributed by atoms with Gasteiger partial charge in [0.15, 0.2) is 0 Å². The average Bonchev–Trinajstić information content (AvgIpc) is 2.15. The summed E-state index contributed by atoms with van der Waals surface area (Å²) < 4.78 is 0. The summed E-state index contributed by atoms with van der Waals surface area (Å²) in [7, 11) is 3.95. The van der Waals surface area contributed by atoms with Gasteiger partial charge in [0, 0.05) is 33.2 Å². The van der Waals surface area contributed by atoms with Crippen LogP contribution in [0.2, 0.25) is 0 Å². The first-order valence-electron chi connectivity index (χ1n) is 5.60. The SMILES string of the molecule is [CH2]N1CCN(CCCCCC)CC1. The molecule has 2 heteroatoms. The molecule has 0 spiro atoms. The van der Waals surface area contributed by atoms with Crippen LogP contribution in [0, 0.1) is 7.05 Å². The molecule has 1 fully saturated rings. The van der Waals surface area contributed by atoms with Crippen LogP contribution in [-0.2, 0) is 0 Å². The molecule has 0 bridgehead atoms. The van der Waals surface area contributed by atoms with Crippen molar-refractivity contribution in [2.75, 3.05) is 32.7 Å². The van der Waals surface area contributed by atoms with Crippen LogP contribution in [0.1, 0.15) is 32.6 Å². The second kappa shape index (κ2) is 6.39. The van der Waals surface area contributed by atoms with Crippen molar-refractivity contribution in [2.24, 2.45) is 0 Å². The lowest BCUT2D eigenvalue weighted by atomic mass is 10.2. The summed E-state index contributed by atoms with van der Waals surface area (Å²) in [6.07, 6.45) is 5.52. The Kier molecular flexibility index (Phi) is 5.40. The minimum Gasteiger partial charge on any atom is -0.301 e. The van der Waals surface area contributed by atoms with Crippen molar-refractivity contribution in [3.63, 3.8) is 0 Å². The summed E-state index contributed by atoms with van der Waals surface area (Å²) in [5, 5.41) is 0. The van der Waals surface area contributed by atoms with Crippen LogP contribution in [0.25, 0.3) is 0 Å². The Morgan fingerprint density at radius 3 is 2.31 bits per heavy atom. The lowest BCUT2D eigenvalue weighted by Gasteiger charge is -2.32. The largest absolute Gasteiger partial charge is 0.301 e. The summed E-state index contributed by atoms with van der Waals surface area (Å²) in [4.78, 5) is 4.74. The van der Waals surface area contributed by atoms with E-state index in [-0.39, 0.29) is 0 Å². The van der Waals surface area contributed by atoms with E-state index < -0.39 is 0 Å². The van der Waals surface area contributed by atoms with Crippen LogP contribution in [-0.4, -0.2) is 42.5 Å². The molecule has 0 amide bonds. The quantitative estimate of drug-likeness (QED) is 0.601. The highest BCUT2D eigenvalue weighted by molar-refractivity contribution is 4.70. The van der Waals surface area contributed by atoms with E-state index >= 15 is 0 Å². The third-order valence-corrected chi connectivity index (χ3v) is 2.79. The van der Waals surface area contributed by atoms with Crippen molar-refractivity contribution < 1.29 is 0 Å². The molecule has 1 aliphatic rings. The molecule has 0 aromatic heterocycles. The molecule has 13 heavy (non-hydrogen) atoms. The van der Waals surface area contributed by atoms with Gasteiger partial charge in [0.05, 0.1) is 0 Å². The first kappa shape index (κ1) is 11.0. The highest BCUT2D eigenvalue weighted by atomic mass is 15.2. The fraction of sp³-hybridized carbons (Fsp3) is 0.909. The van der Waals surface area contributed by atoms with E-state index in [4.69, 9.17) is 0 Å². The number of hydrogen-bond donors (Lipinski definition) is 0. The minimum absolute atomic E-state index is 1.15. The molecule has 1 saturated heterocycles. The normalized spacial score (nSPS) is 20.8. The number of piperazine rings is 1. The maximum atomic E-state index is 3.95. The van der Waals surface area contributed by atoms with E-state index in [0.717, 1.165) is 13.1 Å². The predicted octanol–water partition coefficient (Wildman–Crippen LogP) is 1.98. The first-order valence-corrected chi connectivity index (χ1v) is 5.60. The summed E-state index contributed by atoms with van der Waals surface area (Å²) in [5.74, 6) is 0. The molecule has 1 radical (unpaired) electrons. The van der Waals surface area contributed by atoms with Crippen molar-refractivity contribution in [1.29, 1.82) is 0 Å². The fourth-order valence-electron chi connectivity index (χ4n) is 1.78. The number of nitrogens with zero attached hydrogens (tertiary/aromatic N) is 2. The predicted molar refractivity (Wildman–Crippen MR) is 57.5 cm³/mol. The van der Waals surface area contributed by atoms with Crippen molar-refractivity contribution in [1.82, 2.24) is 9.80 Å². The minimum atomic E-state index is 1.15. The molecule has 2 nitrogen and oxygen atoms in total. The van der Waals surface area contributed by atoms with Gasteiger partial charge in [-0.3, -0.25) is 4.90 Å². The fourth-order valence-corrected chi connectivity index (χ4v) is 1.78. The van der Waals surface area contributed by atoms with Gasteiger partial charge in [-0.1, -0.05) is 26.2 Å². The zero-order valence-corrected chi connectivity index (χ0v) is 8.97. The Morgan fingerprint density at radius 2 is 1.69 bits per heavy atom. The van der Waals surface area contributed by atoms with Gasteiger partial charge in [0.1, 0.15) is 0 Å². The second-order valence-corrected chi connectivity index (χ2v) is 4.02. The van der Waals surface area contributed by atoms with Crippen molar-refractivity contribution >= 4 is 0 Å². The second-order valence-electron chi connectivity index (χ2n) is 4.02. The third kappa shape index (κ3) is 4.63. The van der Waals surface area contributed by atoms with E-state index in [2.05, 4.69) is 23.8 Å². The smallest absolute Gasteiger partial charge is 0.0110 e. The van der Waals surface area contributed by atoms with Gasteiger partial charge in [-0.15, -0.1) is 0 Å². The maximum absolute atomic E-state index is 3.95. The lowest BCUT2D eigenvalue weighted by molar-refractivity contribution is 0.164. The van der Waals surface area contributed by atoms with E-state index in [1.54, 1.807) is 0 Å². The molecule has 0 aliphatic carbocycles. The van der Waals surface area contributed by atoms with Crippen LogP contribution < -0.4 is 0 Å². The van der Waals surface area contributed by atoms with Gasteiger partial charge in [0.25, 0.3) is 0 Å². The summed E-state index contributed by atoms with van der Waals surface area (Å²) >= 11 is 0. The summed E-state index contributed by atoms with van der Waals surface area (Å²) in [5.41, 5.74) is 0. The number of hydrogen-bond acceptors (Lipinski definition) is 2. The van der Waals surface area contributed by atoms with Crippen molar-refractivity contribution in [3.05, 3.63) is 7.05 Å². The molecule has 1 aliphatic heterocycles. The third-order valence-electron chi connectivity index (χ3n) is 2.79. The van der Waals surface area contributed by atoms with Gasteiger partial charge in [-0.05, 0) is 13.0 Å². The van der Waals surface area contributed by atoms with Crippen molar-refractivity contribution in [3.8, 4) is 0 Å². The molecule has 0 N–H and O–H groups in total. The molecule has 0 saturated carbocycles. The highest BCUT2D eigenvalue weighted by Gasteiger charge is 2.12. The highest BCUT2D eigenvalue weighted by Crippen LogP contribution is 2.04. The molecule has 77 valence electrons. The lowest BCUT2D eigenvalue weighted by Crippen LogP contribution is -2.43. The Bertz CT molecular complexity index is 117. The van der Waals surface area contributed by atoms with Crippen LogP contribution in [0.4, 0.5) is 0 Å².